The molecule has 0 radical (unpaired) electrons. The van der Waals surface area contributed by atoms with Crippen LogP contribution in [0.5, 0.6) is 0 Å². The lowest BCUT2D eigenvalue weighted by Crippen LogP contribution is -2.52. The second kappa shape index (κ2) is 6.32. The molecule has 1 aromatic rings. The third kappa shape index (κ3) is 3.21. The van der Waals surface area contributed by atoms with Crippen LogP contribution < -0.4 is 5.32 Å². The first-order valence-electron chi connectivity index (χ1n) is 7.33. The van der Waals surface area contributed by atoms with Gasteiger partial charge in [-0.2, -0.15) is 0 Å². The average Bonchev–Trinajstić information content (AvgIpc) is 2.90. The van der Waals surface area contributed by atoms with Gasteiger partial charge in [0.1, 0.15) is 0 Å². The second-order valence-electron chi connectivity index (χ2n) is 5.64. The molecule has 0 spiro atoms. The van der Waals surface area contributed by atoms with Gasteiger partial charge in [-0.05, 0) is 24.3 Å². The van der Waals surface area contributed by atoms with Crippen molar-refractivity contribution in [1.82, 2.24) is 15.1 Å². The molecule has 0 saturated carbocycles. The summed E-state index contributed by atoms with van der Waals surface area (Å²) in [6, 6.07) is 6.94. The summed E-state index contributed by atoms with van der Waals surface area (Å²) in [7, 11) is 0. The van der Waals surface area contributed by atoms with Gasteiger partial charge in [0.05, 0.1) is 12.1 Å². The molecular formula is C15H20ClN3O2. The summed E-state index contributed by atoms with van der Waals surface area (Å²) in [5.41, 5.74) is 0.618. The molecule has 0 unspecified atom stereocenters. The van der Waals surface area contributed by atoms with Gasteiger partial charge in [0.15, 0.2) is 0 Å². The van der Waals surface area contributed by atoms with Gasteiger partial charge in [-0.25, -0.2) is 0 Å². The lowest BCUT2D eigenvalue weighted by molar-refractivity contribution is 0.0738. The second-order valence-corrected chi connectivity index (χ2v) is 6.07. The standard InChI is InChI=1S/C15H20ClN3O2/c16-12-3-1-11(2-4-12)15(21)19-9-13(14(20)10-19)18-7-5-17-6-8-18/h1-4,13-14,17,20H,5-10H2/t13-,14-/m0/s1. The number of amides is 1. The molecule has 114 valence electrons. The van der Waals surface area contributed by atoms with Crippen LogP contribution in [0, 0.1) is 0 Å². The minimum atomic E-state index is -0.473. The highest BCUT2D eigenvalue weighted by Gasteiger charge is 2.38. The average molecular weight is 310 g/mol. The highest BCUT2D eigenvalue weighted by atomic mass is 35.5. The number of halogens is 1. The molecule has 2 atom stereocenters. The van der Waals surface area contributed by atoms with Crippen LogP contribution in [0.3, 0.4) is 0 Å². The Bertz CT molecular complexity index is 502. The van der Waals surface area contributed by atoms with Crippen molar-refractivity contribution in [1.29, 1.82) is 0 Å². The largest absolute Gasteiger partial charge is 0.390 e. The minimum Gasteiger partial charge on any atom is -0.390 e. The molecule has 2 saturated heterocycles. The maximum Gasteiger partial charge on any atom is 0.253 e. The normalized spacial score (nSPS) is 27.0. The smallest absolute Gasteiger partial charge is 0.253 e. The SMILES string of the molecule is O=C(c1ccc(Cl)cc1)N1C[C@H](O)[C@@H](N2CCNCC2)C1. The fraction of sp³-hybridized carbons (Fsp3) is 0.533. The van der Waals surface area contributed by atoms with Crippen LogP contribution in [0.1, 0.15) is 10.4 Å². The Kier molecular flexibility index (Phi) is 4.45. The van der Waals surface area contributed by atoms with Crippen LogP contribution in [-0.2, 0) is 0 Å². The van der Waals surface area contributed by atoms with Gasteiger partial charge in [-0.15, -0.1) is 0 Å². The number of benzene rings is 1. The maximum atomic E-state index is 12.5. The summed E-state index contributed by atoms with van der Waals surface area (Å²) in [6.07, 6.45) is -0.473. The number of hydrogen-bond donors (Lipinski definition) is 2. The minimum absolute atomic E-state index is 0.0386. The number of rotatable bonds is 2. The third-order valence-corrected chi connectivity index (χ3v) is 4.51. The number of aliphatic hydroxyl groups is 1. The maximum absolute atomic E-state index is 12.5. The van der Waals surface area contributed by atoms with E-state index in [0.29, 0.717) is 23.7 Å². The van der Waals surface area contributed by atoms with Gasteiger partial charge in [0.2, 0.25) is 0 Å². The Balaban J connectivity index is 1.67. The van der Waals surface area contributed by atoms with E-state index in [1.165, 1.54) is 0 Å². The van der Waals surface area contributed by atoms with Crippen LogP contribution in [0.2, 0.25) is 5.02 Å². The lowest BCUT2D eigenvalue weighted by atomic mass is 10.1. The van der Waals surface area contributed by atoms with Crippen LogP contribution in [0.25, 0.3) is 0 Å². The molecule has 1 amide bonds. The molecule has 2 fully saturated rings. The van der Waals surface area contributed by atoms with Crippen molar-refractivity contribution in [3.63, 3.8) is 0 Å². The number of likely N-dealkylation sites (tertiary alicyclic amines) is 1. The van der Waals surface area contributed by atoms with Crippen molar-refractivity contribution < 1.29 is 9.90 Å². The predicted octanol–water partition coefficient (Wildman–Crippen LogP) is 0.430. The van der Waals surface area contributed by atoms with E-state index in [4.69, 9.17) is 11.6 Å². The first kappa shape index (κ1) is 14.8. The van der Waals surface area contributed by atoms with E-state index >= 15 is 0 Å². The fourth-order valence-corrected chi connectivity index (χ4v) is 3.21. The molecule has 2 N–H and O–H groups in total. The van der Waals surface area contributed by atoms with E-state index in [1.807, 2.05) is 0 Å². The Hall–Kier alpha value is -1.14. The van der Waals surface area contributed by atoms with Crippen molar-refractivity contribution in [3.8, 4) is 0 Å². The predicted molar refractivity (Wildman–Crippen MR) is 81.6 cm³/mol. The number of hydrogen-bond acceptors (Lipinski definition) is 4. The van der Waals surface area contributed by atoms with Crippen molar-refractivity contribution in [2.75, 3.05) is 39.3 Å². The van der Waals surface area contributed by atoms with Gasteiger partial charge in [-0.1, -0.05) is 11.6 Å². The summed E-state index contributed by atoms with van der Waals surface area (Å²) in [5, 5.41) is 14.2. The monoisotopic (exact) mass is 309 g/mol. The molecule has 2 aliphatic rings. The lowest BCUT2D eigenvalue weighted by Gasteiger charge is -2.33. The van der Waals surface area contributed by atoms with Crippen LogP contribution >= 0.6 is 11.6 Å². The quantitative estimate of drug-likeness (QED) is 0.832. The zero-order valence-corrected chi connectivity index (χ0v) is 12.6. The van der Waals surface area contributed by atoms with E-state index < -0.39 is 6.10 Å². The van der Waals surface area contributed by atoms with Crippen molar-refractivity contribution >= 4 is 17.5 Å². The highest BCUT2D eigenvalue weighted by molar-refractivity contribution is 6.30. The van der Waals surface area contributed by atoms with Crippen molar-refractivity contribution in [3.05, 3.63) is 34.9 Å². The van der Waals surface area contributed by atoms with Crippen LogP contribution in [0.15, 0.2) is 24.3 Å². The van der Waals surface area contributed by atoms with E-state index in [9.17, 15) is 9.90 Å². The van der Waals surface area contributed by atoms with Gasteiger partial charge in [-0.3, -0.25) is 9.69 Å². The number of carbonyl (C=O) groups excluding carboxylic acids is 1. The number of piperazine rings is 1. The Morgan fingerprint density at radius 2 is 1.86 bits per heavy atom. The fourth-order valence-electron chi connectivity index (χ4n) is 3.08. The molecule has 1 aromatic carbocycles. The molecule has 0 aliphatic carbocycles. The van der Waals surface area contributed by atoms with E-state index in [0.717, 1.165) is 26.2 Å². The van der Waals surface area contributed by atoms with Crippen molar-refractivity contribution in [2.45, 2.75) is 12.1 Å². The summed E-state index contributed by atoms with van der Waals surface area (Å²) in [6.45, 7) is 4.71. The Morgan fingerprint density at radius 3 is 2.52 bits per heavy atom. The Morgan fingerprint density at radius 1 is 1.19 bits per heavy atom. The van der Waals surface area contributed by atoms with E-state index in [1.54, 1.807) is 29.2 Å². The zero-order chi connectivity index (χ0) is 14.8. The van der Waals surface area contributed by atoms with Gasteiger partial charge >= 0.3 is 0 Å². The third-order valence-electron chi connectivity index (χ3n) is 4.26. The molecule has 2 heterocycles. The van der Waals surface area contributed by atoms with Crippen molar-refractivity contribution in [2.24, 2.45) is 0 Å². The van der Waals surface area contributed by atoms with Crippen LogP contribution in [0.4, 0.5) is 0 Å². The topological polar surface area (TPSA) is 55.8 Å². The van der Waals surface area contributed by atoms with Crippen LogP contribution in [-0.4, -0.2) is 72.2 Å². The first-order chi connectivity index (χ1) is 10.1. The molecule has 21 heavy (non-hydrogen) atoms. The number of aliphatic hydroxyl groups excluding tert-OH is 1. The summed E-state index contributed by atoms with van der Waals surface area (Å²) in [5.74, 6) is -0.0386. The Labute approximate surface area is 129 Å². The highest BCUT2D eigenvalue weighted by Crippen LogP contribution is 2.20. The first-order valence-corrected chi connectivity index (χ1v) is 7.70. The van der Waals surface area contributed by atoms with Gasteiger partial charge in [0.25, 0.3) is 5.91 Å². The molecule has 5 nitrogen and oxygen atoms in total. The summed E-state index contributed by atoms with van der Waals surface area (Å²) < 4.78 is 0. The van der Waals surface area contributed by atoms with Gasteiger partial charge in [0, 0.05) is 49.9 Å². The zero-order valence-electron chi connectivity index (χ0n) is 11.8. The molecule has 0 bridgehead atoms. The van der Waals surface area contributed by atoms with E-state index in [2.05, 4.69) is 10.2 Å². The number of nitrogens with zero attached hydrogens (tertiary/aromatic N) is 2. The molecule has 2 aliphatic heterocycles. The number of β-amino-alcohol motifs (C(OH)–C–C–N with tert-alkyl or cyclic N) is 1. The number of carbonyl (C=O) groups is 1. The van der Waals surface area contributed by atoms with Gasteiger partial charge < -0.3 is 15.3 Å². The molecule has 3 rings (SSSR count). The van der Waals surface area contributed by atoms with E-state index in [-0.39, 0.29) is 11.9 Å². The summed E-state index contributed by atoms with van der Waals surface area (Å²) >= 11 is 5.85. The summed E-state index contributed by atoms with van der Waals surface area (Å²) in [4.78, 5) is 16.5. The molecule has 6 heteroatoms. The number of nitrogens with one attached hydrogen (secondary N) is 1. The molecular weight excluding hydrogens is 290 g/mol. The molecule has 0 aromatic heterocycles.